The second-order valence-corrected chi connectivity index (χ2v) is 6.10. The maximum atomic E-state index is 11.8. The van der Waals surface area contributed by atoms with Crippen molar-refractivity contribution in [2.24, 2.45) is 0 Å². The second-order valence-electron chi connectivity index (χ2n) is 5.28. The zero-order valence-corrected chi connectivity index (χ0v) is 13.5. The fourth-order valence-electron chi connectivity index (χ4n) is 1.38. The Bertz CT molecular complexity index is 568. The highest BCUT2D eigenvalue weighted by molar-refractivity contribution is 6.42. The Morgan fingerprint density at radius 3 is 2.29 bits per heavy atom. The van der Waals surface area contributed by atoms with Crippen LogP contribution in [0, 0.1) is 10.1 Å². The van der Waals surface area contributed by atoms with Gasteiger partial charge in [0.1, 0.15) is 5.60 Å². The van der Waals surface area contributed by atoms with Crippen LogP contribution in [0.5, 0.6) is 5.75 Å². The molecular weight excluding hydrogens is 321 g/mol. The monoisotopic (exact) mass is 335 g/mol. The first-order chi connectivity index (χ1) is 9.51. The molecule has 1 unspecified atom stereocenters. The van der Waals surface area contributed by atoms with Gasteiger partial charge in [-0.15, -0.1) is 0 Å². The van der Waals surface area contributed by atoms with Crippen molar-refractivity contribution in [3.05, 3.63) is 32.3 Å². The van der Waals surface area contributed by atoms with Crippen LogP contribution in [-0.4, -0.2) is 22.6 Å². The predicted molar refractivity (Wildman–Crippen MR) is 79.1 cm³/mol. The number of rotatable bonds is 4. The molecule has 0 saturated carbocycles. The normalized spacial score (nSPS) is 12.7. The van der Waals surface area contributed by atoms with Crippen molar-refractivity contribution in [3.8, 4) is 5.75 Å². The molecule has 116 valence electrons. The number of nitro groups is 1. The van der Waals surface area contributed by atoms with E-state index in [4.69, 9.17) is 32.7 Å². The van der Waals surface area contributed by atoms with Gasteiger partial charge in [-0.2, -0.15) is 0 Å². The van der Waals surface area contributed by atoms with Crippen LogP contribution in [-0.2, 0) is 9.53 Å². The molecule has 21 heavy (non-hydrogen) atoms. The Kier molecular flexibility index (Phi) is 5.42. The maximum absolute atomic E-state index is 11.8. The number of halogens is 2. The van der Waals surface area contributed by atoms with Crippen molar-refractivity contribution in [3.63, 3.8) is 0 Å². The number of hydrogen-bond acceptors (Lipinski definition) is 5. The third-order valence-corrected chi connectivity index (χ3v) is 2.96. The Hall–Kier alpha value is -1.53. The molecule has 0 bridgehead atoms. The van der Waals surface area contributed by atoms with Crippen LogP contribution in [0.3, 0.4) is 0 Å². The van der Waals surface area contributed by atoms with Crippen molar-refractivity contribution in [2.45, 2.75) is 39.4 Å². The molecule has 0 fully saturated rings. The van der Waals surface area contributed by atoms with Gasteiger partial charge in [0.15, 0.2) is 11.9 Å². The van der Waals surface area contributed by atoms with E-state index in [1.807, 2.05) is 0 Å². The fourth-order valence-corrected chi connectivity index (χ4v) is 1.69. The summed E-state index contributed by atoms with van der Waals surface area (Å²) >= 11 is 11.5. The van der Waals surface area contributed by atoms with Gasteiger partial charge in [0, 0.05) is 12.1 Å². The zero-order valence-electron chi connectivity index (χ0n) is 12.0. The summed E-state index contributed by atoms with van der Waals surface area (Å²) in [5.41, 5.74) is -1.06. The standard InChI is InChI=1S/C13H15Cl2NO5/c1-7(12(17)21-13(2,3)4)20-11-6-9(15)8(14)5-10(11)16(18)19/h5-7H,1-4H3. The topological polar surface area (TPSA) is 78.7 Å². The lowest BCUT2D eigenvalue weighted by atomic mass is 10.2. The summed E-state index contributed by atoms with van der Waals surface area (Å²) < 4.78 is 10.4. The minimum atomic E-state index is -1.03. The first-order valence-electron chi connectivity index (χ1n) is 6.04. The third kappa shape index (κ3) is 5.06. The van der Waals surface area contributed by atoms with Crippen molar-refractivity contribution in [1.29, 1.82) is 0 Å². The molecule has 1 atom stereocenters. The average molecular weight is 336 g/mol. The smallest absolute Gasteiger partial charge is 0.347 e. The molecule has 0 heterocycles. The van der Waals surface area contributed by atoms with E-state index < -0.39 is 22.6 Å². The van der Waals surface area contributed by atoms with E-state index >= 15 is 0 Å². The summed E-state index contributed by atoms with van der Waals surface area (Å²) in [5.74, 6) is -0.782. The summed E-state index contributed by atoms with van der Waals surface area (Å²) in [5, 5.41) is 11.1. The van der Waals surface area contributed by atoms with Gasteiger partial charge in [-0.25, -0.2) is 4.79 Å². The first kappa shape index (κ1) is 17.5. The highest BCUT2D eigenvalue weighted by atomic mass is 35.5. The molecule has 0 aliphatic heterocycles. The summed E-state index contributed by atoms with van der Waals surface area (Å²) in [6.07, 6.45) is -1.03. The van der Waals surface area contributed by atoms with Crippen LogP contribution in [0.2, 0.25) is 10.0 Å². The van der Waals surface area contributed by atoms with E-state index in [1.54, 1.807) is 20.8 Å². The van der Waals surface area contributed by atoms with Crippen LogP contribution in [0.4, 0.5) is 5.69 Å². The van der Waals surface area contributed by atoms with Crippen molar-refractivity contribution in [2.75, 3.05) is 0 Å². The molecule has 8 heteroatoms. The lowest BCUT2D eigenvalue weighted by Gasteiger charge is -2.22. The number of hydrogen-bond donors (Lipinski definition) is 0. The van der Waals surface area contributed by atoms with Gasteiger partial charge in [0.2, 0.25) is 0 Å². The van der Waals surface area contributed by atoms with E-state index in [0.29, 0.717) is 0 Å². The molecule has 0 N–H and O–H groups in total. The van der Waals surface area contributed by atoms with Gasteiger partial charge in [0.25, 0.3) is 0 Å². The molecule has 0 saturated heterocycles. The molecule has 1 rings (SSSR count). The molecule has 0 aromatic heterocycles. The molecule has 6 nitrogen and oxygen atoms in total. The Morgan fingerprint density at radius 1 is 1.29 bits per heavy atom. The summed E-state index contributed by atoms with van der Waals surface area (Å²) in [7, 11) is 0. The lowest BCUT2D eigenvalue weighted by molar-refractivity contribution is -0.386. The van der Waals surface area contributed by atoms with Crippen LogP contribution in [0.1, 0.15) is 27.7 Å². The second kappa shape index (κ2) is 6.49. The van der Waals surface area contributed by atoms with E-state index in [1.165, 1.54) is 13.0 Å². The number of ether oxygens (including phenoxy) is 2. The third-order valence-electron chi connectivity index (χ3n) is 2.24. The highest BCUT2D eigenvalue weighted by Gasteiger charge is 2.26. The van der Waals surface area contributed by atoms with E-state index in [2.05, 4.69) is 0 Å². The zero-order chi connectivity index (χ0) is 16.4. The first-order valence-corrected chi connectivity index (χ1v) is 6.80. The summed E-state index contributed by atoms with van der Waals surface area (Å²) in [6, 6.07) is 2.27. The number of carbonyl (C=O) groups is 1. The number of benzene rings is 1. The van der Waals surface area contributed by atoms with E-state index in [0.717, 1.165) is 6.07 Å². The van der Waals surface area contributed by atoms with Gasteiger partial charge in [0.05, 0.1) is 15.0 Å². The minimum Gasteiger partial charge on any atom is -0.472 e. The van der Waals surface area contributed by atoms with Crippen LogP contribution < -0.4 is 4.74 Å². The van der Waals surface area contributed by atoms with Crippen LogP contribution >= 0.6 is 23.2 Å². The van der Waals surface area contributed by atoms with Crippen molar-refractivity contribution in [1.82, 2.24) is 0 Å². The molecule has 0 radical (unpaired) electrons. The summed E-state index contributed by atoms with van der Waals surface area (Å²) in [6.45, 7) is 6.55. The fraction of sp³-hybridized carbons (Fsp3) is 0.462. The Morgan fingerprint density at radius 2 is 1.81 bits per heavy atom. The van der Waals surface area contributed by atoms with Crippen LogP contribution in [0.25, 0.3) is 0 Å². The molecule has 0 spiro atoms. The predicted octanol–water partition coefficient (Wildman–Crippen LogP) is 4.01. The van der Waals surface area contributed by atoms with Crippen molar-refractivity contribution < 1.29 is 19.2 Å². The largest absolute Gasteiger partial charge is 0.472 e. The number of nitro benzene ring substituents is 1. The molecule has 1 aromatic carbocycles. The minimum absolute atomic E-state index is 0.0284. The van der Waals surface area contributed by atoms with E-state index in [-0.39, 0.29) is 21.5 Å². The summed E-state index contributed by atoms with van der Waals surface area (Å²) in [4.78, 5) is 22.1. The lowest BCUT2D eigenvalue weighted by Crippen LogP contribution is -2.33. The van der Waals surface area contributed by atoms with Gasteiger partial charge < -0.3 is 9.47 Å². The van der Waals surface area contributed by atoms with Gasteiger partial charge in [-0.05, 0) is 27.7 Å². The molecule has 0 aliphatic rings. The molecular formula is C13H15Cl2NO5. The van der Waals surface area contributed by atoms with Crippen molar-refractivity contribution >= 4 is 34.9 Å². The quantitative estimate of drug-likeness (QED) is 0.471. The number of nitrogens with zero attached hydrogens (tertiary/aromatic N) is 1. The molecule has 0 amide bonds. The maximum Gasteiger partial charge on any atom is 0.347 e. The van der Waals surface area contributed by atoms with Crippen LogP contribution in [0.15, 0.2) is 12.1 Å². The van der Waals surface area contributed by atoms with Gasteiger partial charge in [-0.1, -0.05) is 23.2 Å². The SMILES string of the molecule is CC(Oc1cc(Cl)c(Cl)cc1[N+](=O)[O-])C(=O)OC(C)(C)C. The van der Waals surface area contributed by atoms with Gasteiger partial charge in [-0.3, -0.25) is 10.1 Å². The highest BCUT2D eigenvalue weighted by Crippen LogP contribution is 2.36. The number of carbonyl (C=O) groups excluding carboxylic acids is 1. The van der Waals surface area contributed by atoms with Gasteiger partial charge >= 0.3 is 11.7 Å². The molecule has 0 aliphatic carbocycles. The number of esters is 1. The Labute approximate surface area is 132 Å². The average Bonchev–Trinajstić information content (AvgIpc) is 2.30. The van der Waals surface area contributed by atoms with E-state index in [9.17, 15) is 14.9 Å². The Balaban J connectivity index is 2.99. The molecule has 1 aromatic rings.